The molecule has 1 atom stereocenters. The summed E-state index contributed by atoms with van der Waals surface area (Å²) in [5.74, 6) is -0.148. The summed E-state index contributed by atoms with van der Waals surface area (Å²) in [6.07, 6.45) is -0.0322. The monoisotopic (exact) mass is 264 g/mol. The fourth-order valence-corrected chi connectivity index (χ4v) is 2.05. The van der Waals surface area contributed by atoms with Gasteiger partial charge in [-0.1, -0.05) is 0 Å². The van der Waals surface area contributed by atoms with Crippen LogP contribution in [0.15, 0.2) is 18.2 Å². The summed E-state index contributed by atoms with van der Waals surface area (Å²) < 4.78 is 5.28. The lowest BCUT2D eigenvalue weighted by atomic mass is 10.1. The van der Waals surface area contributed by atoms with Gasteiger partial charge in [-0.3, -0.25) is 9.69 Å². The maximum atomic E-state index is 12.1. The molecule has 1 saturated heterocycles. The third-order valence-electron chi connectivity index (χ3n) is 3.28. The molecule has 0 saturated carbocycles. The Morgan fingerprint density at radius 3 is 2.63 bits per heavy atom. The van der Waals surface area contributed by atoms with Gasteiger partial charge in [0.05, 0.1) is 30.8 Å². The number of nitrogens with one attached hydrogen (secondary N) is 1. The lowest BCUT2D eigenvalue weighted by molar-refractivity contribution is 0.0133. The van der Waals surface area contributed by atoms with Crippen molar-refractivity contribution in [1.82, 2.24) is 10.2 Å². The highest BCUT2D eigenvalue weighted by molar-refractivity contribution is 5.96. The van der Waals surface area contributed by atoms with Crippen LogP contribution in [0.1, 0.15) is 17.3 Å². The number of nitrogen functional groups attached to an aromatic ring is 2. The van der Waals surface area contributed by atoms with E-state index in [1.54, 1.807) is 18.2 Å². The second-order valence-corrected chi connectivity index (χ2v) is 4.64. The number of hydrogen-bond acceptors (Lipinski definition) is 5. The van der Waals surface area contributed by atoms with Crippen LogP contribution in [0.4, 0.5) is 11.4 Å². The summed E-state index contributed by atoms with van der Waals surface area (Å²) in [5, 5.41) is 2.95. The molecule has 5 N–H and O–H groups in total. The van der Waals surface area contributed by atoms with Gasteiger partial charge in [0.1, 0.15) is 0 Å². The van der Waals surface area contributed by atoms with Crippen LogP contribution in [-0.4, -0.2) is 43.3 Å². The normalized spacial score (nSPS) is 17.9. The van der Waals surface area contributed by atoms with Crippen LogP contribution >= 0.6 is 0 Å². The Bertz CT molecular complexity index is 458. The Labute approximate surface area is 112 Å². The standard InChI is InChI=1S/C13H20N4O2/c1-9(17-4-6-19-7-5-17)16-13(18)10-2-3-11(14)12(15)8-10/h2-3,8-9H,4-7,14-15H2,1H3,(H,16,18). The molecule has 1 aliphatic rings. The lowest BCUT2D eigenvalue weighted by Gasteiger charge is -2.32. The molecule has 0 bridgehead atoms. The van der Waals surface area contributed by atoms with Crippen LogP contribution in [0, 0.1) is 0 Å². The van der Waals surface area contributed by atoms with Crippen LogP contribution in [-0.2, 0) is 4.74 Å². The SMILES string of the molecule is CC(NC(=O)c1ccc(N)c(N)c1)N1CCOCC1. The molecular weight excluding hydrogens is 244 g/mol. The highest BCUT2D eigenvalue weighted by Gasteiger charge is 2.19. The first-order valence-electron chi connectivity index (χ1n) is 6.35. The quantitative estimate of drug-likeness (QED) is 0.681. The summed E-state index contributed by atoms with van der Waals surface area (Å²) in [6, 6.07) is 4.91. The fraction of sp³-hybridized carbons (Fsp3) is 0.462. The van der Waals surface area contributed by atoms with Crippen LogP contribution in [0.5, 0.6) is 0 Å². The molecule has 19 heavy (non-hydrogen) atoms. The smallest absolute Gasteiger partial charge is 0.252 e. The molecule has 1 heterocycles. The molecule has 1 fully saturated rings. The molecule has 0 spiro atoms. The minimum absolute atomic E-state index is 0.0322. The van der Waals surface area contributed by atoms with Gasteiger partial charge in [0.25, 0.3) is 5.91 Å². The topological polar surface area (TPSA) is 93.6 Å². The lowest BCUT2D eigenvalue weighted by Crippen LogP contribution is -2.50. The van der Waals surface area contributed by atoms with Crippen molar-refractivity contribution in [3.8, 4) is 0 Å². The van der Waals surface area contributed by atoms with Crippen molar-refractivity contribution in [2.75, 3.05) is 37.8 Å². The van der Waals surface area contributed by atoms with Crippen molar-refractivity contribution < 1.29 is 9.53 Å². The second kappa shape index (κ2) is 5.90. The molecule has 0 radical (unpaired) electrons. The van der Waals surface area contributed by atoms with E-state index in [0.29, 0.717) is 30.2 Å². The first-order chi connectivity index (χ1) is 9.08. The number of carbonyl (C=O) groups excluding carboxylic acids is 1. The Morgan fingerprint density at radius 1 is 1.32 bits per heavy atom. The molecule has 1 unspecified atom stereocenters. The molecule has 1 aliphatic heterocycles. The van der Waals surface area contributed by atoms with Gasteiger partial charge in [-0.25, -0.2) is 0 Å². The number of nitrogens with zero attached hydrogens (tertiary/aromatic N) is 1. The van der Waals surface area contributed by atoms with E-state index in [9.17, 15) is 4.79 Å². The average Bonchev–Trinajstić information content (AvgIpc) is 2.42. The largest absolute Gasteiger partial charge is 0.397 e. The van der Waals surface area contributed by atoms with Gasteiger partial charge in [0, 0.05) is 18.7 Å². The molecule has 6 nitrogen and oxygen atoms in total. The van der Waals surface area contributed by atoms with Crippen LogP contribution in [0.3, 0.4) is 0 Å². The maximum Gasteiger partial charge on any atom is 0.252 e. The molecule has 2 rings (SSSR count). The minimum atomic E-state index is -0.148. The van der Waals surface area contributed by atoms with Crippen LogP contribution < -0.4 is 16.8 Å². The van der Waals surface area contributed by atoms with Gasteiger partial charge < -0.3 is 21.5 Å². The number of carbonyl (C=O) groups is 1. The fourth-order valence-electron chi connectivity index (χ4n) is 2.05. The third kappa shape index (κ3) is 3.36. The van der Waals surface area contributed by atoms with Gasteiger partial charge in [-0.05, 0) is 25.1 Å². The summed E-state index contributed by atoms with van der Waals surface area (Å²) >= 11 is 0. The number of anilines is 2. The average molecular weight is 264 g/mol. The summed E-state index contributed by atoms with van der Waals surface area (Å²) in [4.78, 5) is 14.3. The van der Waals surface area contributed by atoms with Gasteiger partial charge in [0.15, 0.2) is 0 Å². The number of hydrogen-bond donors (Lipinski definition) is 3. The van der Waals surface area contributed by atoms with Gasteiger partial charge in [-0.2, -0.15) is 0 Å². The van der Waals surface area contributed by atoms with E-state index < -0.39 is 0 Å². The Morgan fingerprint density at radius 2 is 2.00 bits per heavy atom. The molecule has 0 aliphatic carbocycles. The predicted molar refractivity (Wildman–Crippen MR) is 74.6 cm³/mol. The summed E-state index contributed by atoms with van der Waals surface area (Å²) in [7, 11) is 0. The molecule has 6 heteroatoms. The predicted octanol–water partition coefficient (Wildman–Crippen LogP) is 0.259. The van der Waals surface area contributed by atoms with Gasteiger partial charge in [-0.15, -0.1) is 0 Å². The van der Waals surface area contributed by atoms with E-state index in [0.717, 1.165) is 13.1 Å². The van der Waals surface area contributed by atoms with Crippen molar-refractivity contribution in [1.29, 1.82) is 0 Å². The van der Waals surface area contributed by atoms with Crippen molar-refractivity contribution in [2.24, 2.45) is 0 Å². The van der Waals surface area contributed by atoms with Gasteiger partial charge >= 0.3 is 0 Å². The molecule has 1 amide bonds. The zero-order valence-corrected chi connectivity index (χ0v) is 11.1. The van der Waals surface area contributed by atoms with E-state index in [2.05, 4.69) is 10.2 Å². The zero-order valence-electron chi connectivity index (χ0n) is 11.1. The summed E-state index contributed by atoms with van der Waals surface area (Å²) in [6.45, 7) is 5.02. The van der Waals surface area contributed by atoms with E-state index in [1.807, 2.05) is 6.92 Å². The third-order valence-corrected chi connectivity index (χ3v) is 3.28. The Kier molecular flexibility index (Phi) is 4.24. The highest BCUT2D eigenvalue weighted by atomic mass is 16.5. The molecule has 1 aromatic carbocycles. The Hall–Kier alpha value is -1.79. The molecule has 1 aromatic rings. The maximum absolute atomic E-state index is 12.1. The molecular formula is C13H20N4O2. The summed E-state index contributed by atoms with van der Waals surface area (Å²) in [5.41, 5.74) is 12.8. The number of nitrogens with two attached hydrogens (primary N) is 2. The minimum Gasteiger partial charge on any atom is -0.397 e. The second-order valence-electron chi connectivity index (χ2n) is 4.64. The van der Waals surface area contributed by atoms with E-state index >= 15 is 0 Å². The van der Waals surface area contributed by atoms with E-state index in [1.165, 1.54) is 0 Å². The number of amides is 1. The first kappa shape index (κ1) is 13.6. The highest BCUT2D eigenvalue weighted by Crippen LogP contribution is 2.16. The number of benzene rings is 1. The Balaban J connectivity index is 1.97. The van der Waals surface area contributed by atoms with Crippen molar-refractivity contribution >= 4 is 17.3 Å². The zero-order chi connectivity index (χ0) is 13.8. The molecule has 104 valence electrons. The van der Waals surface area contributed by atoms with Gasteiger partial charge in [0.2, 0.25) is 0 Å². The van der Waals surface area contributed by atoms with Crippen molar-refractivity contribution in [3.05, 3.63) is 23.8 Å². The van der Waals surface area contributed by atoms with Crippen molar-refractivity contribution in [2.45, 2.75) is 13.1 Å². The number of rotatable bonds is 3. The van der Waals surface area contributed by atoms with E-state index in [-0.39, 0.29) is 12.1 Å². The van der Waals surface area contributed by atoms with E-state index in [4.69, 9.17) is 16.2 Å². The van der Waals surface area contributed by atoms with Crippen molar-refractivity contribution in [3.63, 3.8) is 0 Å². The number of morpholine rings is 1. The first-order valence-corrected chi connectivity index (χ1v) is 6.35. The van der Waals surface area contributed by atoms with Crippen LogP contribution in [0.2, 0.25) is 0 Å². The number of ether oxygens (including phenoxy) is 1. The molecule has 0 aromatic heterocycles. The van der Waals surface area contributed by atoms with Crippen LogP contribution in [0.25, 0.3) is 0 Å².